The number of hydrogen-bond acceptors (Lipinski definition) is 9. The number of methoxy groups -OCH3 is 1. The molecule has 1 saturated heterocycles. The lowest BCUT2D eigenvalue weighted by atomic mass is 9.93. The third-order valence-electron chi connectivity index (χ3n) is 11.9. The average Bonchev–Trinajstić information content (AvgIpc) is 3.94. The SMILES string of the molecule is COc1cc(CCC(C)(C)N2Cc3ccc(N4CCNCC4)cc3C2)ccc1Oc1n[nH]c2ccc(C#CC(C)(C)N3Cc4ccc(S(C)(=O)=O)cc4C3)cc12. The van der Waals surface area contributed by atoms with Gasteiger partial charge in [0.25, 0.3) is 0 Å². The molecule has 0 atom stereocenters. The maximum atomic E-state index is 12.1. The van der Waals surface area contributed by atoms with Crippen molar-refractivity contribution in [3.05, 3.63) is 106 Å². The van der Waals surface area contributed by atoms with Crippen molar-refractivity contribution in [2.75, 3.05) is 44.4 Å². The van der Waals surface area contributed by atoms with Gasteiger partial charge in [0.15, 0.2) is 21.3 Å². The van der Waals surface area contributed by atoms with Gasteiger partial charge in [0.2, 0.25) is 5.88 Å². The molecular formula is C45H52N6O4S. The minimum atomic E-state index is -3.26. The number of ether oxygens (including phenoxy) is 2. The molecule has 10 nitrogen and oxygen atoms in total. The number of hydrogen-bond donors (Lipinski definition) is 2. The summed E-state index contributed by atoms with van der Waals surface area (Å²) in [6.45, 7) is 16.4. The smallest absolute Gasteiger partial charge is 0.246 e. The number of sulfone groups is 1. The van der Waals surface area contributed by atoms with Crippen molar-refractivity contribution in [1.82, 2.24) is 25.3 Å². The maximum Gasteiger partial charge on any atom is 0.246 e. The molecule has 1 aromatic heterocycles. The molecule has 4 aromatic carbocycles. The van der Waals surface area contributed by atoms with E-state index < -0.39 is 15.4 Å². The van der Waals surface area contributed by atoms with Gasteiger partial charge in [0.1, 0.15) is 0 Å². The Hall–Kier alpha value is -4.86. The normalized spacial score (nSPS) is 16.4. The third kappa shape index (κ3) is 7.89. The van der Waals surface area contributed by atoms with E-state index in [1.54, 1.807) is 19.2 Å². The minimum Gasteiger partial charge on any atom is -0.493 e. The van der Waals surface area contributed by atoms with Crippen LogP contribution < -0.4 is 19.7 Å². The number of nitrogens with zero attached hydrogens (tertiary/aromatic N) is 4. The Morgan fingerprint density at radius 3 is 2.29 bits per heavy atom. The van der Waals surface area contributed by atoms with Gasteiger partial charge in [0.05, 0.1) is 28.4 Å². The molecule has 3 aliphatic rings. The molecule has 1 fully saturated rings. The van der Waals surface area contributed by atoms with Crippen molar-refractivity contribution in [2.24, 2.45) is 0 Å². The number of aromatic amines is 1. The summed E-state index contributed by atoms with van der Waals surface area (Å²) in [6.07, 6.45) is 3.17. The highest BCUT2D eigenvalue weighted by atomic mass is 32.2. The number of benzene rings is 4. The lowest BCUT2D eigenvalue weighted by molar-refractivity contribution is 0.109. The van der Waals surface area contributed by atoms with Crippen LogP contribution in [0.2, 0.25) is 0 Å². The minimum absolute atomic E-state index is 0.0178. The van der Waals surface area contributed by atoms with Gasteiger partial charge in [-0.3, -0.25) is 14.9 Å². The van der Waals surface area contributed by atoms with Crippen molar-refractivity contribution in [3.8, 4) is 29.2 Å². The summed E-state index contributed by atoms with van der Waals surface area (Å²) < 4.78 is 36.5. The number of aromatic nitrogens is 2. The number of rotatable bonds is 10. The zero-order valence-corrected chi connectivity index (χ0v) is 34.1. The zero-order chi connectivity index (χ0) is 39.2. The summed E-state index contributed by atoms with van der Waals surface area (Å²) in [6, 6.07) is 24.6. The highest BCUT2D eigenvalue weighted by Crippen LogP contribution is 2.38. The van der Waals surface area contributed by atoms with Crippen LogP contribution >= 0.6 is 0 Å². The Balaban J connectivity index is 0.917. The van der Waals surface area contributed by atoms with Crippen molar-refractivity contribution in [1.29, 1.82) is 0 Å². The topological polar surface area (TPSA) is 103 Å². The lowest BCUT2D eigenvalue weighted by Crippen LogP contribution is -2.43. The van der Waals surface area contributed by atoms with Gasteiger partial charge in [-0.25, -0.2) is 8.42 Å². The Morgan fingerprint density at radius 2 is 1.52 bits per heavy atom. The quantitative estimate of drug-likeness (QED) is 0.145. The van der Waals surface area contributed by atoms with Crippen molar-refractivity contribution in [2.45, 2.75) is 82.7 Å². The number of aryl methyl sites for hydroxylation is 1. The fourth-order valence-electron chi connectivity index (χ4n) is 8.04. The van der Waals surface area contributed by atoms with Crippen molar-refractivity contribution in [3.63, 3.8) is 0 Å². The highest BCUT2D eigenvalue weighted by Gasteiger charge is 2.33. The molecule has 2 N–H and O–H groups in total. The fraction of sp³-hybridized carbons (Fsp3) is 0.400. The van der Waals surface area contributed by atoms with E-state index in [1.807, 2.05) is 30.3 Å². The lowest BCUT2D eigenvalue weighted by Gasteiger charge is -2.35. The van der Waals surface area contributed by atoms with Gasteiger partial charge >= 0.3 is 0 Å². The summed E-state index contributed by atoms with van der Waals surface area (Å²) in [5.74, 6) is 8.57. The molecule has 3 aliphatic heterocycles. The maximum absolute atomic E-state index is 12.1. The largest absolute Gasteiger partial charge is 0.493 e. The van der Waals surface area contributed by atoms with Gasteiger partial charge in [0, 0.05) is 75.4 Å². The second-order valence-corrected chi connectivity index (χ2v) is 18.6. The molecule has 11 heteroatoms. The first-order valence-electron chi connectivity index (χ1n) is 19.5. The molecule has 0 unspecified atom stereocenters. The first-order valence-corrected chi connectivity index (χ1v) is 21.4. The summed E-state index contributed by atoms with van der Waals surface area (Å²) in [4.78, 5) is 7.73. The second kappa shape index (κ2) is 14.9. The number of fused-ring (bicyclic) bond motifs is 3. The molecule has 0 saturated carbocycles. The molecular weight excluding hydrogens is 721 g/mol. The molecule has 8 rings (SSSR count). The molecule has 4 heterocycles. The van der Waals surface area contributed by atoms with Gasteiger partial charge in [-0.15, -0.1) is 5.10 Å². The summed E-state index contributed by atoms with van der Waals surface area (Å²) in [5, 5.41) is 11.9. The van der Waals surface area contributed by atoms with Crippen LogP contribution in [0, 0.1) is 11.8 Å². The molecule has 0 spiro atoms. The molecule has 0 amide bonds. The fourth-order valence-corrected chi connectivity index (χ4v) is 8.71. The van der Waals surface area contributed by atoms with Gasteiger partial charge < -0.3 is 19.7 Å². The second-order valence-electron chi connectivity index (χ2n) is 16.6. The third-order valence-corrected chi connectivity index (χ3v) is 13.0. The predicted molar refractivity (Wildman–Crippen MR) is 222 cm³/mol. The van der Waals surface area contributed by atoms with E-state index in [2.05, 4.69) is 100 Å². The Labute approximate surface area is 331 Å². The zero-order valence-electron chi connectivity index (χ0n) is 33.3. The van der Waals surface area contributed by atoms with E-state index in [9.17, 15) is 8.42 Å². The van der Waals surface area contributed by atoms with Crippen molar-refractivity contribution >= 4 is 26.4 Å². The van der Waals surface area contributed by atoms with Crippen LogP contribution in [0.3, 0.4) is 0 Å². The number of anilines is 1. The van der Waals surface area contributed by atoms with E-state index >= 15 is 0 Å². The van der Waals surface area contributed by atoms with E-state index in [-0.39, 0.29) is 5.54 Å². The van der Waals surface area contributed by atoms with Crippen LogP contribution in [0.25, 0.3) is 10.9 Å². The molecule has 5 aromatic rings. The van der Waals surface area contributed by atoms with Crippen LogP contribution in [0.4, 0.5) is 5.69 Å². The Morgan fingerprint density at radius 1 is 0.804 bits per heavy atom. The molecule has 0 aliphatic carbocycles. The van der Waals surface area contributed by atoms with Crippen molar-refractivity contribution < 1.29 is 17.9 Å². The summed E-state index contributed by atoms with van der Waals surface area (Å²) >= 11 is 0. The summed E-state index contributed by atoms with van der Waals surface area (Å²) in [7, 11) is -1.59. The number of nitrogens with one attached hydrogen (secondary N) is 2. The van der Waals surface area contributed by atoms with Gasteiger partial charge in [-0.2, -0.15) is 0 Å². The molecule has 0 radical (unpaired) electrons. The molecule has 292 valence electrons. The van der Waals surface area contributed by atoms with E-state index in [0.717, 1.165) is 79.7 Å². The van der Waals surface area contributed by atoms with E-state index in [4.69, 9.17) is 9.47 Å². The summed E-state index contributed by atoms with van der Waals surface area (Å²) in [5.41, 5.74) is 8.86. The number of piperazine rings is 1. The van der Waals surface area contributed by atoms with E-state index in [1.165, 1.54) is 28.6 Å². The van der Waals surface area contributed by atoms with Gasteiger partial charge in [-0.05, 0) is 123 Å². The monoisotopic (exact) mass is 772 g/mol. The Kier molecular flexibility index (Phi) is 10.1. The predicted octanol–water partition coefficient (Wildman–Crippen LogP) is 7.05. The van der Waals surface area contributed by atoms with Crippen LogP contribution in [0.1, 0.15) is 67.5 Å². The average molecular weight is 773 g/mol. The van der Waals surface area contributed by atoms with Crippen LogP contribution in [-0.4, -0.2) is 79.0 Å². The number of H-pyrrole nitrogens is 1. The van der Waals surface area contributed by atoms with E-state index in [0.29, 0.717) is 35.4 Å². The molecule has 56 heavy (non-hydrogen) atoms. The highest BCUT2D eigenvalue weighted by molar-refractivity contribution is 7.90. The Bertz CT molecular complexity index is 2460. The van der Waals surface area contributed by atoms with Gasteiger partial charge in [-0.1, -0.05) is 30.0 Å². The van der Waals surface area contributed by atoms with Crippen LogP contribution in [0.5, 0.6) is 17.4 Å². The first-order chi connectivity index (χ1) is 26.8. The first kappa shape index (κ1) is 38.0. The molecule has 0 bridgehead atoms. The van der Waals surface area contributed by atoms with Crippen LogP contribution in [-0.2, 0) is 42.4 Å². The van der Waals surface area contributed by atoms with Crippen LogP contribution in [0.15, 0.2) is 77.7 Å². The standard InChI is InChI=1S/C45H52N6O4S/c1-44(2,51-28-34-10-12-38(56(6,52)53)26-36(34)30-51)17-15-31-7-13-40-39(23-31)43(48-47-40)55-41-14-8-32(24-42(41)54-5)16-18-45(3,4)50-27-33-9-11-37(25-35(33)29-50)49-21-19-46-20-22-49/h7-14,23-26,46H,16,18-22,27-30H2,1-6H3,(H,47,48).